The normalized spacial score (nSPS) is 19.3. The van der Waals surface area contributed by atoms with Crippen LogP contribution >= 0.6 is 0 Å². The topological polar surface area (TPSA) is 12.0 Å². The van der Waals surface area contributed by atoms with E-state index in [2.05, 4.69) is 5.32 Å². The van der Waals surface area contributed by atoms with E-state index in [1.165, 1.54) is 5.56 Å². The van der Waals surface area contributed by atoms with E-state index in [0.717, 1.165) is 24.9 Å². The predicted octanol–water partition coefficient (Wildman–Crippen LogP) is 3.14. The van der Waals surface area contributed by atoms with Crippen LogP contribution in [0, 0.1) is 0 Å². The predicted molar refractivity (Wildman–Crippen MR) is 60.5 cm³/mol. The van der Waals surface area contributed by atoms with Gasteiger partial charge in [-0.3, -0.25) is 0 Å². The minimum atomic E-state index is -1.05. The molecule has 1 nitrogen and oxygen atoms in total. The molecule has 1 aromatic carbocycles. The molecular formula is C13H18FN. The second-order valence-electron chi connectivity index (χ2n) is 4.40. The van der Waals surface area contributed by atoms with Crippen LogP contribution in [0.1, 0.15) is 36.8 Å². The lowest BCUT2D eigenvalue weighted by Gasteiger charge is -2.20. The van der Waals surface area contributed by atoms with E-state index in [4.69, 9.17) is 0 Å². The Morgan fingerprint density at radius 3 is 2.73 bits per heavy atom. The van der Waals surface area contributed by atoms with Gasteiger partial charge in [0, 0.05) is 6.54 Å². The minimum absolute atomic E-state index is 0.690. The molecule has 0 aliphatic heterocycles. The van der Waals surface area contributed by atoms with Crippen molar-refractivity contribution in [2.45, 2.75) is 37.9 Å². The summed E-state index contributed by atoms with van der Waals surface area (Å²) >= 11 is 0. The maximum atomic E-state index is 14.4. The zero-order valence-corrected chi connectivity index (χ0v) is 9.22. The average molecular weight is 207 g/mol. The molecule has 0 spiro atoms. The lowest BCUT2D eigenvalue weighted by molar-refractivity contribution is 0.174. The third-order valence-corrected chi connectivity index (χ3v) is 3.22. The van der Waals surface area contributed by atoms with E-state index < -0.39 is 5.67 Å². The molecular weight excluding hydrogens is 189 g/mol. The summed E-state index contributed by atoms with van der Waals surface area (Å²) in [5.41, 5.74) is 0.982. The van der Waals surface area contributed by atoms with Crippen molar-refractivity contribution in [2.75, 3.05) is 7.05 Å². The van der Waals surface area contributed by atoms with Gasteiger partial charge in [0.05, 0.1) is 0 Å². The number of hydrogen-bond donors (Lipinski definition) is 1. The van der Waals surface area contributed by atoms with Gasteiger partial charge in [0.2, 0.25) is 0 Å². The van der Waals surface area contributed by atoms with Crippen LogP contribution in [-0.4, -0.2) is 7.05 Å². The second-order valence-corrected chi connectivity index (χ2v) is 4.40. The lowest BCUT2D eigenvalue weighted by atomic mass is 9.93. The Labute approximate surface area is 90.7 Å². The summed E-state index contributed by atoms with van der Waals surface area (Å²) in [6.07, 6.45) is 3.42. The fourth-order valence-electron chi connectivity index (χ4n) is 2.39. The molecule has 15 heavy (non-hydrogen) atoms. The number of benzene rings is 1. The Balaban J connectivity index is 2.23. The Morgan fingerprint density at radius 2 is 2.07 bits per heavy atom. The van der Waals surface area contributed by atoms with Crippen LogP contribution in [0.25, 0.3) is 0 Å². The van der Waals surface area contributed by atoms with E-state index in [1.807, 2.05) is 31.3 Å². The highest BCUT2D eigenvalue weighted by Crippen LogP contribution is 2.42. The first kappa shape index (κ1) is 10.6. The smallest absolute Gasteiger partial charge is 0.136 e. The average Bonchev–Trinajstić information content (AvgIpc) is 2.68. The monoisotopic (exact) mass is 207 g/mol. The van der Waals surface area contributed by atoms with Crippen molar-refractivity contribution in [3.8, 4) is 0 Å². The van der Waals surface area contributed by atoms with Gasteiger partial charge in [-0.05, 0) is 43.9 Å². The summed E-state index contributed by atoms with van der Waals surface area (Å²) < 4.78 is 14.4. The summed E-state index contributed by atoms with van der Waals surface area (Å²) in [5.74, 6) is 0. The van der Waals surface area contributed by atoms with E-state index >= 15 is 0 Å². The van der Waals surface area contributed by atoms with Crippen LogP contribution in [0.15, 0.2) is 24.3 Å². The second kappa shape index (κ2) is 4.31. The van der Waals surface area contributed by atoms with Gasteiger partial charge < -0.3 is 5.32 Å². The zero-order valence-electron chi connectivity index (χ0n) is 9.22. The van der Waals surface area contributed by atoms with Crippen LogP contribution in [0.3, 0.4) is 0 Å². The summed E-state index contributed by atoms with van der Waals surface area (Å²) in [5, 5.41) is 3.09. The zero-order chi connectivity index (χ0) is 10.7. The first-order chi connectivity index (χ1) is 7.24. The van der Waals surface area contributed by atoms with E-state index in [1.54, 1.807) is 0 Å². The highest BCUT2D eigenvalue weighted by molar-refractivity contribution is 5.29. The Hall–Kier alpha value is -0.890. The van der Waals surface area contributed by atoms with Crippen molar-refractivity contribution in [3.63, 3.8) is 0 Å². The standard InChI is InChI=1S/C13H18FN/c1-15-10-11-5-4-6-12(9-11)13(14)7-2-3-8-13/h4-6,9,15H,2-3,7-8,10H2,1H3. The molecule has 0 amide bonds. The van der Waals surface area contributed by atoms with Crippen LogP contribution in [-0.2, 0) is 12.2 Å². The molecule has 0 bridgehead atoms. The van der Waals surface area contributed by atoms with Crippen molar-refractivity contribution in [2.24, 2.45) is 0 Å². The summed E-state index contributed by atoms with van der Waals surface area (Å²) in [6, 6.07) is 7.92. The molecule has 82 valence electrons. The van der Waals surface area contributed by atoms with Crippen LogP contribution < -0.4 is 5.32 Å². The van der Waals surface area contributed by atoms with Gasteiger partial charge in [-0.25, -0.2) is 4.39 Å². The Kier molecular flexibility index (Phi) is 3.06. The number of rotatable bonds is 3. The fraction of sp³-hybridized carbons (Fsp3) is 0.538. The highest BCUT2D eigenvalue weighted by atomic mass is 19.1. The molecule has 0 radical (unpaired) electrons. The molecule has 1 saturated carbocycles. The van der Waals surface area contributed by atoms with Crippen molar-refractivity contribution in [1.29, 1.82) is 0 Å². The molecule has 0 unspecified atom stereocenters. The molecule has 1 aromatic rings. The van der Waals surface area contributed by atoms with E-state index in [0.29, 0.717) is 12.8 Å². The van der Waals surface area contributed by atoms with Crippen molar-refractivity contribution < 1.29 is 4.39 Å². The molecule has 1 aliphatic rings. The van der Waals surface area contributed by atoms with Gasteiger partial charge in [0.1, 0.15) is 5.67 Å². The van der Waals surface area contributed by atoms with E-state index in [-0.39, 0.29) is 0 Å². The van der Waals surface area contributed by atoms with Crippen LogP contribution in [0.2, 0.25) is 0 Å². The first-order valence-electron chi connectivity index (χ1n) is 5.67. The Morgan fingerprint density at radius 1 is 1.33 bits per heavy atom. The fourth-order valence-corrected chi connectivity index (χ4v) is 2.39. The molecule has 0 saturated heterocycles. The number of hydrogen-bond acceptors (Lipinski definition) is 1. The molecule has 2 rings (SSSR count). The van der Waals surface area contributed by atoms with Crippen LogP contribution in [0.4, 0.5) is 4.39 Å². The number of halogens is 1. The minimum Gasteiger partial charge on any atom is -0.316 e. The van der Waals surface area contributed by atoms with Gasteiger partial charge in [-0.15, -0.1) is 0 Å². The number of nitrogens with one attached hydrogen (secondary N) is 1. The molecule has 0 heterocycles. The van der Waals surface area contributed by atoms with Crippen LogP contribution in [0.5, 0.6) is 0 Å². The molecule has 1 aliphatic carbocycles. The van der Waals surface area contributed by atoms with Crippen molar-refractivity contribution >= 4 is 0 Å². The molecule has 1 fully saturated rings. The van der Waals surface area contributed by atoms with Crippen molar-refractivity contribution in [3.05, 3.63) is 35.4 Å². The maximum Gasteiger partial charge on any atom is 0.136 e. The first-order valence-corrected chi connectivity index (χ1v) is 5.67. The van der Waals surface area contributed by atoms with Gasteiger partial charge >= 0.3 is 0 Å². The molecule has 0 atom stereocenters. The largest absolute Gasteiger partial charge is 0.316 e. The SMILES string of the molecule is CNCc1cccc(C2(F)CCCC2)c1. The van der Waals surface area contributed by atoms with Gasteiger partial charge in [-0.1, -0.05) is 24.3 Å². The van der Waals surface area contributed by atoms with Gasteiger partial charge in [0.15, 0.2) is 0 Å². The summed E-state index contributed by atoms with van der Waals surface area (Å²) in [4.78, 5) is 0. The lowest BCUT2D eigenvalue weighted by Crippen LogP contribution is -2.15. The quantitative estimate of drug-likeness (QED) is 0.803. The molecule has 2 heteroatoms. The Bertz CT molecular complexity index is 329. The molecule has 0 aromatic heterocycles. The maximum absolute atomic E-state index is 14.4. The van der Waals surface area contributed by atoms with Crippen molar-refractivity contribution in [1.82, 2.24) is 5.32 Å². The third-order valence-electron chi connectivity index (χ3n) is 3.22. The van der Waals surface area contributed by atoms with E-state index in [9.17, 15) is 4.39 Å². The number of alkyl halides is 1. The third kappa shape index (κ3) is 2.20. The van der Waals surface area contributed by atoms with Gasteiger partial charge in [-0.2, -0.15) is 0 Å². The summed E-state index contributed by atoms with van der Waals surface area (Å²) in [7, 11) is 1.91. The molecule has 1 N–H and O–H groups in total. The van der Waals surface area contributed by atoms with Gasteiger partial charge in [0.25, 0.3) is 0 Å². The summed E-state index contributed by atoms with van der Waals surface area (Å²) in [6.45, 7) is 0.809. The highest BCUT2D eigenvalue weighted by Gasteiger charge is 2.35.